The summed E-state index contributed by atoms with van der Waals surface area (Å²) < 4.78 is 0.698. The van der Waals surface area contributed by atoms with Gasteiger partial charge in [0.1, 0.15) is 5.82 Å². The van der Waals surface area contributed by atoms with Crippen LogP contribution in [0.4, 0.5) is 5.82 Å². The van der Waals surface area contributed by atoms with Crippen LogP contribution in [-0.4, -0.2) is 10.9 Å². The first kappa shape index (κ1) is 9.24. The second-order valence-corrected chi connectivity index (χ2v) is 3.42. The molecule has 1 rings (SSSR count). The summed E-state index contributed by atoms with van der Waals surface area (Å²) in [7, 11) is 0. The standard InChI is InChI=1S/C7H7IN2O2/c1-4(11)9-7-3-5(12)2-6(8)10-7/h2-3H,1H3,(H2,9,10,11,12). The summed E-state index contributed by atoms with van der Waals surface area (Å²) in [6.07, 6.45) is 0. The lowest BCUT2D eigenvalue weighted by Gasteiger charge is -2.00. The van der Waals surface area contributed by atoms with Gasteiger partial charge in [0.25, 0.3) is 0 Å². The monoisotopic (exact) mass is 278 g/mol. The Morgan fingerprint density at radius 3 is 2.75 bits per heavy atom. The van der Waals surface area contributed by atoms with Crippen LogP contribution in [0.5, 0.6) is 0 Å². The molecule has 5 heteroatoms. The Morgan fingerprint density at radius 2 is 2.25 bits per heavy atom. The molecule has 0 fully saturated rings. The molecule has 0 saturated carbocycles. The Morgan fingerprint density at radius 1 is 1.58 bits per heavy atom. The number of pyridine rings is 1. The van der Waals surface area contributed by atoms with Crippen LogP contribution < -0.4 is 10.7 Å². The fourth-order valence-electron chi connectivity index (χ4n) is 0.767. The topological polar surface area (TPSA) is 62.0 Å². The summed E-state index contributed by atoms with van der Waals surface area (Å²) in [5.74, 6) is 0.229. The van der Waals surface area contributed by atoms with E-state index in [1.807, 2.05) is 22.6 Å². The van der Waals surface area contributed by atoms with Crippen LogP contribution in [0, 0.1) is 3.70 Å². The third kappa shape index (κ3) is 2.65. The zero-order valence-electron chi connectivity index (χ0n) is 6.35. The molecule has 4 nitrogen and oxygen atoms in total. The highest BCUT2D eigenvalue weighted by molar-refractivity contribution is 14.1. The van der Waals surface area contributed by atoms with Crippen molar-refractivity contribution >= 4 is 34.3 Å². The maximum absolute atomic E-state index is 10.9. The van der Waals surface area contributed by atoms with Crippen LogP contribution in [-0.2, 0) is 4.79 Å². The van der Waals surface area contributed by atoms with Crippen molar-refractivity contribution < 1.29 is 4.79 Å². The Balaban J connectivity index is 3.01. The number of carbonyl (C=O) groups excluding carboxylic acids is 1. The van der Waals surface area contributed by atoms with Crippen molar-refractivity contribution in [2.24, 2.45) is 0 Å². The summed E-state index contributed by atoms with van der Waals surface area (Å²) in [5.41, 5.74) is -0.123. The van der Waals surface area contributed by atoms with Crippen LogP contribution in [0.15, 0.2) is 16.9 Å². The largest absolute Gasteiger partial charge is 0.336 e. The van der Waals surface area contributed by atoms with E-state index in [0.29, 0.717) is 9.52 Å². The number of hydrogen-bond acceptors (Lipinski definition) is 2. The van der Waals surface area contributed by atoms with Gasteiger partial charge < -0.3 is 10.3 Å². The fraction of sp³-hybridized carbons (Fsp3) is 0.143. The zero-order chi connectivity index (χ0) is 9.14. The average molecular weight is 278 g/mol. The van der Waals surface area contributed by atoms with Crippen LogP contribution >= 0.6 is 22.6 Å². The lowest BCUT2D eigenvalue weighted by atomic mass is 10.4. The van der Waals surface area contributed by atoms with E-state index in [1.54, 1.807) is 0 Å². The average Bonchev–Trinajstić information content (AvgIpc) is 1.81. The van der Waals surface area contributed by atoms with Gasteiger partial charge in [0.2, 0.25) is 5.91 Å². The molecule has 1 aromatic heterocycles. The minimum atomic E-state index is -0.201. The van der Waals surface area contributed by atoms with Crippen molar-refractivity contribution in [2.75, 3.05) is 5.32 Å². The number of nitrogens with one attached hydrogen (secondary N) is 2. The Hall–Kier alpha value is -0.850. The van der Waals surface area contributed by atoms with Gasteiger partial charge in [0.05, 0.1) is 3.70 Å². The van der Waals surface area contributed by atoms with E-state index in [2.05, 4.69) is 10.3 Å². The first-order chi connectivity index (χ1) is 5.58. The van der Waals surface area contributed by atoms with E-state index in [9.17, 15) is 9.59 Å². The molecule has 0 bridgehead atoms. The van der Waals surface area contributed by atoms with Gasteiger partial charge in [-0.25, -0.2) is 0 Å². The van der Waals surface area contributed by atoms with Crippen molar-refractivity contribution in [3.05, 3.63) is 26.1 Å². The Labute approximate surface area is 82.5 Å². The van der Waals surface area contributed by atoms with Gasteiger partial charge in [0, 0.05) is 19.1 Å². The summed E-state index contributed by atoms with van der Waals surface area (Å²) in [4.78, 5) is 24.4. The van der Waals surface area contributed by atoms with Crippen molar-refractivity contribution in [2.45, 2.75) is 6.92 Å². The van der Waals surface area contributed by atoms with Crippen molar-refractivity contribution in [1.82, 2.24) is 4.98 Å². The SMILES string of the molecule is CC(=O)Nc1cc(=O)cc(I)[nH]1. The molecule has 0 spiro atoms. The molecule has 64 valence electrons. The predicted octanol–water partition coefficient (Wildman–Crippen LogP) is 0.938. The van der Waals surface area contributed by atoms with E-state index in [4.69, 9.17) is 0 Å². The highest BCUT2D eigenvalue weighted by Crippen LogP contribution is 2.02. The number of H-pyrrole nitrogens is 1. The van der Waals surface area contributed by atoms with E-state index in [-0.39, 0.29) is 11.3 Å². The van der Waals surface area contributed by atoms with Gasteiger partial charge in [-0.1, -0.05) is 0 Å². The molecular formula is C7H7IN2O2. The van der Waals surface area contributed by atoms with Crippen LogP contribution in [0.2, 0.25) is 0 Å². The third-order valence-electron chi connectivity index (χ3n) is 1.12. The van der Waals surface area contributed by atoms with Gasteiger partial charge in [-0.15, -0.1) is 0 Å². The second-order valence-electron chi connectivity index (χ2n) is 2.26. The van der Waals surface area contributed by atoms with Crippen LogP contribution in [0.1, 0.15) is 6.92 Å². The smallest absolute Gasteiger partial charge is 0.222 e. The van der Waals surface area contributed by atoms with E-state index < -0.39 is 0 Å². The molecule has 0 aliphatic carbocycles. The lowest BCUT2D eigenvalue weighted by Crippen LogP contribution is -2.11. The Bertz CT molecular complexity index is 359. The van der Waals surface area contributed by atoms with Crippen molar-refractivity contribution in [1.29, 1.82) is 0 Å². The fourth-order valence-corrected chi connectivity index (χ4v) is 1.36. The summed E-state index contributed by atoms with van der Waals surface area (Å²) >= 11 is 1.97. The van der Waals surface area contributed by atoms with Crippen LogP contribution in [0.25, 0.3) is 0 Å². The van der Waals surface area contributed by atoms with E-state index >= 15 is 0 Å². The normalized spacial score (nSPS) is 9.50. The number of aromatic amines is 1. The predicted molar refractivity (Wildman–Crippen MR) is 54.1 cm³/mol. The molecule has 0 aromatic carbocycles. The first-order valence-corrected chi connectivity index (χ1v) is 4.33. The third-order valence-corrected chi connectivity index (χ3v) is 1.70. The number of hydrogen-bond donors (Lipinski definition) is 2. The minimum absolute atomic E-state index is 0.123. The molecule has 12 heavy (non-hydrogen) atoms. The lowest BCUT2D eigenvalue weighted by molar-refractivity contribution is -0.114. The summed E-state index contributed by atoms with van der Waals surface area (Å²) in [6.45, 7) is 1.39. The number of amides is 1. The molecule has 0 atom stereocenters. The van der Waals surface area contributed by atoms with E-state index in [0.717, 1.165) is 0 Å². The molecule has 1 heterocycles. The van der Waals surface area contributed by atoms with Gasteiger partial charge in [-0.3, -0.25) is 9.59 Å². The second kappa shape index (κ2) is 3.70. The molecular weight excluding hydrogens is 271 g/mol. The van der Waals surface area contributed by atoms with Gasteiger partial charge in [0.15, 0.2) is 5.43 Å². The molecule has 0 aliphatic heterocycles. The molecule has 0 unspecified atom stereocenters. The van der Waals surface area contributed by atoms with Gasteiger partial charge in [-0.2, -0.15) is 0 Å². The molecule has 1 amide bonds. The number of rotatable bonds is 1. The molecule has 1 aromatic rings. The minimum Gasteiger partial charge on any atom is -0.336 e. The first-order valence-electron chi connectivity index (χ1n) is 3.25. The highest BCUT2D eigenvalue weighted by atomic mass is 127. The quantitative estimate of drug-likeness (QED) is 0.593. The Kier molecular flexibility index (Phi) is 2.85. The molecule has 0 saturated heterocycles. The molecule has 0 aliphatic rings. The summed E-state index contributed by atoms with van der Waals surface area (Å²) in [5, 5.41) is 2.49. The highest BCUT2D eigenvalue weighted by Gasteiger charge is 1.97. The molecule has 0 radical (unpaired) electrons. The number of aromatic nitrogens is 1. The zero-order valence-corrected chi connectivity index (χ0v) is 8.51. The number of anilines is 1. The summed E-state index contributed by atoms with van der Waals surface area (Å²) in [6, 6.07) is 2.79. The van der Waals surface area contributed by atoms with Crippen LogP contribution in [0.3, 0.4) is 0 Å². The molecule has 2 N–H and O–H groups in total. The van der Waals surface area contributed by atoms with Gasteiger partial charge in [-0.05, 0) is 22.6 Å². The van der Waals surface area contributed by atoms with Gasteiger partial charge >= 0.3 is 0 Å². The number of halogens is 1. The van der Waals surface area contributed by atoms with Crippen molar-refractivity contribution in [3.63, 3.8) is 0 Å². The maximum atomic E-state index is 10.9. The number of carbonyl (C=O) groups is 1. The van der Waals surface area contributed by atoms with E-state index in [1.165, 1.54) is 19.1 Å². The van der Waals surface area contributed by atoms with Crippen molar-refractivity contribution in [3.8, 4) is 0 Å². The maximum Gasteiger partial charge on any atom is 0.222 e.